The fourth-order valence-electron chi connectivity index (χ4n) is 2.88. The molecule has 0 fully saturated rings. The maximum atomic E-state index is 12.9. The van der Waals surface area contributed by atoms with Gasteiger partial charge in [-0.2, -0.15) is 4.31 Å². The molecule has 28 heavy (non-hydrogen) atoms. The lowest BCUT2D eigenvalue weighted by molar-refractivity contribution is 0.0773. The molecule has 0 radical (unpaired) electrons. The number of rotatable bonds is 8. The zero-order chi connectivity index (χ0) is 20.9. The van der Waals surface area contributed by atoms with Crippen LogP contribution in [0.2, 0.25) is 0 Å². The zero-order valence-electron chi connectivity index (χ0n) is 17.2. The number of carbonyl (C=O) groups excluding carboxylic acids is 1. The van der Waals surface area contributed by atoms with Gasteiger partial charge in [0, 0.05) is 52.0 Å². The predicted molar refractivity (Wildman–Crippen MR) is 113 cm³/mol. The van der Waals surface area contributed by atoms with Crippen LogP contribution in [0.5, 0.6) is 0 Å². The molecule has 0 spiro atoms. The number of hydrogen-bond acceptors (Lipinski definition) is 4. The van der Waals surface area contributed by atoms with Gasteiger partial charge in [0.2, 0.25) is 10.0 Å². The first-order valence-corrected chi connectivity index (χ1v) is 10.8. The maximum absolute atomic E-state index is 12.9. The minimum absolute atomic E-state index is 0.0942. The standard InChI is InChI=1S/C21H29N3O3S/c1-6-24(7-2)21(25)18-10-14-20(15-11-18)28(26,27)23(5)16-17-8-12-19(13-9-17)22(3)4/h8-15H,6-7,16H2,1-5H3. The quantitative estimate of drug-likeness (QED) is 0.680. The van der Waals surface area contributed by atoms with Crippen LogP contribution in [0, 0.1) is 0 Å². The van der Waals surface area contributed by atoms with Crippen LogP contribution < -0.4 is 4.90 Å². The highest BCUT2D eigenvalue weighted by atomic mass is 32.2. The molecule has 2 aromatic carbocycles. The van der Waals surface area contributed by atoms with Gasteiger partial charge >= 0.3 is 0 Å². The highest BCUT2D eigenvalue weighted by molar-refractivity contribution is 7.89. The molecule has 0 unspecified atom stereocenters. The van der Waals surface area contributed by atoms with Crippen molar-refractivity contribution in [3.05, 3.63) is 59.7 Å². The predicted octanol–water partition coefficient (Wildman–Crippen LogP) is 3.06. The molecule has 152 valence electrons. The number of nitrogens with zero attached hydrogens (tertiary/aromatic N) is 3. The Hall–Kier alpha value is -2.38. The number of sulfonamides is 1. The Morgan fingerprint density at radius 1 is 0.857 bits per heavy atom. The Kier molecular flexibility index (Phi) is 7.21. The van der Waals surface area contributed by atoms with Crippen molar-refractivity contribution < 1.29 is 13.2 Å². The van der Waals surface area contributed by atoms with Crippen LogP contribution in [0.1, 0.15) is 29.8 Å². The van der Waals surface area contributed by atoms with E-state index in [1.54, 1.807) is 24.1 Å². The van der Waals surface area contributed by atoms with E-state index < -0.39 is 10.0 Å². The van der Waals surface area contributed by atoms with Crippen LogP contribution >= 0.6 is 0 Å². The van der Waals surface area contributed by atoms with Crippen molar-refractivity contribution in [1.82, 2.24) is 9.21 Å². The van der Waals surface area contributed by atoms with E-state index in [1.807, 2.05) is 57.1 Å². The highest BCUT2D eigenvalue weighted by Crippen LogP contribution is 2.19. The molecule has 2 aromatic rings. The van der Waals surface area contributed by atoms with Crippen LogP contribution in [-0.2, 0) is 16.6 Å². The molecule has 2 rings (SSSR count). The van der Waals surface area contributed by atoms with E-state index in [4.69, 9.17) is 0 Å². The van der Waals surface area contributed by atoms with Crippen molar-refractivity contribution in [3.63, 3.8) is 0 Å². The SMILES string of the molecule is CCN(CC)C(=O)c1ccc(S(=O)(=O)N(C)Cc2ccc(N(C)C)cc2)cc1. The van der Waals surface area contributed by atoms with Crippen molar-refractivity contribution >= 4 is 21.6 Å². The average Bonchev–Trinajstić information content (AvgIpc) is 2.69. The molecule has 0 aliphatic heterocycles. The van der Waals surface area contributed by atoms with Gasteiger partial charge in [-0.05, 0) is 55.8 Å². The number of carbonyl (C=O) groups is 1. The van der Waals surface area contributed by atoms with Gasteiger partial charge in [-0.25, -0.2) is 8.42 Å². The monoisotopic (exact) mass is 403 g/mol. The number of amides is 1. The normalized spacial score (nSPS) is 11.5. The number of hydrogen-bond donors (Lipinski definition) is 0. The van der Waals surface area contributed by atoms with Crippen LogP contribution in [0.4, 0.5) is 5.69 Å². The smallest absolute Gasteiger partial charge is 0.253 e. The van der Waals surface area contributed by atoms with Crippen molar-refractivity contribution in [1.29, 1.82) is 0 Å². The summed E-state index contributed by atoms with van der Waals surface area (Å²) in [6.45, 7) is 5.34. The lowest BCUT2D eigenvalue weighted by Gasteiger charge is -2.20. The van der Waals surface area contributed by atoms with Crippen molar-refractivity contribution in [2.75, 3.05) is 39.1 Å². The minimum Gasteiger partial charge on any atom is -0.378 e. The third-order valence-corrected chi connectivity index (χ3v) is 6.54. The van der Waals surface area contributed by atoms with E-state index in [0.29, 0.717) is 18.7 Å². The van der Waals surface area contributed by atoms with Gasteiger partial charge in [0.05, 0.1) is 4.90 Å². The molecule has 6 nitrogen and oxygen atoms in total. The summed E-state index contributed by atoms with van der Waals surface area (Å²) in [6.07, 6.45) is 0. The molecule has 0 atom stereocenters. The molecule has 0 saturated carbocycles. The Labute approximate surface area is 168 Å². The first-order chi connectivity index (χ1) is 13.2. The highest BCUT2D eigenvalue weighted by Gasteiger charge is 2.22. The fourth-order valence-corrected chi connectivity index (χ4v) is 4.04. The molecule has 1 amide bonds. The van der Waals surface area contributed by atoms with E-state index in [9.17, 15) is 13.2 Å². The largest absolute Gasteiger partial charge is 0.378 e. The second kappa shape index (κ2) is 9.21. The van der Waals surface area contributed by atoms with Crippen LogP contribution in [0.25, 0.3) is 0 Å². The summed E-state index contributed by atoms with van der Waals surface area (Å²) in [5.41, 5.74) is 2.46. The molecule has 0 aliphatic carbocycles. The summed E-state index contributed by atoms with van der Waals surface area (Å²) in [4.78, 5) is 16.3. The lowest BCUT2D eigenvalue weighted by Crippen LogP contribution is -2.30. The Morgan fingerprint density at radius 2 is 1.39 bits per heavy atom. The molecule has 0 heterocycles. The first-order valence-electron chi connectivity index (χ1n) is 9.32. The average molecular weight is 404 g/mol. The van der Waals surface area contributed by atoms with E-state index in [-0.39, 0.29) is 17.3 Å². The van der Waals surface area contributed by atoms with Crippen LogP contribution in [0.15, 0.2) is 53.4 Å². The summed E-state index contributed by atoms with van der Waals surface area (Å²) >= 11 is 0. The van der Waals surface area contributed by atoms with Gasteiger partial charge in [-0.1, -0.05) is 12.1 Å². The van der Waals surface area contributed by atoms with Gasteiger partial charge in [-0.3, -0.25) is 4.79 Å². The Bertz CT molecular complexity index is 887. The van der Waals surface area contributed by atoms with Crippen LogP contribution in [-0.4, -0.2) is 57.8 Å². The second-order valence-corrected chi connectivity index (χ2v) is 8.87. The summed E-state index contributed by atoms with van der Waals surface area (Å²) in [7, 11) is 1.84. The maximum Gasteiger partial charge on any atom is 0.253 e. The van der Waals surface area contributed by atoms with Crippen molar-refractivity contribution in [2.45, 2.75) is 25.3 Å². The molecular formula is C21H29N3O3S. The molecule has 0 aliphatic rings. The third-order valence-electron chi connectivity index (χ3n) is 4.72. The zero-order valence-corrected chi connectivity index (χ0v) is 18.0. The third kappa shape index (κ3) is 4.91. The molecule has 0 N–H and O–H groups in total. The van der Waals surface area contributed by atoms with Gasteiger partial charge in [0.15, 0.2) is 0 Å². The van der Waals surface area contributed by atoms with Gasteiger partial charge in [-0.15, -0.1) is 0 Å². The number of anilines is 1. The van der Waals surface area contributed by atoms with E-state index in [1.165, 1.54) is 16.4 Å². The molecule has 0 saturated heterocycles. The topological polar surface area (TPSA) is 60.9 Å². The molecule has 0 aromatic heterocycles. The van der Waals surface area contributed by atoms with E-state index in [2.05, 4.69) is 0 Å². The van der Waals surface area contributed by atoms with Crippen LogP contribution in [0.3, 0.4) is 0 Å². The van der Waals surface area contributed by atoms with Crippen molar-refractivity contribution in [3.8, 4) is 0 Å². The second-order valence-electron chi connectivity index (χ2n) is 6.82. The van der Waals surface area contributed by atoms with Gasteiger partial charge in [0.1, 0.15) is 0 Å². The van der Waals surface area contributed by atoms with E-state index in [0.717, 1.165) is 11.3 Å². The summed E-state index contributed by atoms with van der Waals surface area (Å²) in [5.74, 6) is -0.0942. The van der Waals surface area contributed by atoms with Crippen molar-refractivity contribution in [2.24, 2.45) is 0 Å². The summed E-state index contributed by atoms with van der Waals surface area (Å²) < 4.78 is 27.0. The fraction of sp³-hybridized carbons (Fsp3) is 0.381. The van der Waals surface area contributed by atoms with Gasteiger partial charge in [0.25, 0.3) is 5.91 Å². The first kappa shape index (κ1) is 21.9. The lowest BCUT2D eigenvalue weighted by atomic mass is 10.2. The van der Waals surface area contributed by atoms with E-state index >= 15 is 0 Å². The minimum atomic E-state index is -3.64. The molecule has 0 bridgehead atoms. The Balaban J connectivity index is 2.15. The molecule has 7 heteroatoms. The van der Waals surface area contributed by atoms with Gasteiger partial charge < -0.3 is 9.80 Å². The summed E-state index contributed by atoms with van der Waals surface area (Å²) in [5, 5.41) is 0. The Morgan fingerprint density at radius 3 is 1.86 bits per heavy atom. The molecular weight excluding hydrogens is 374 g/mol. The summed E-state index contributed by atoms with van der Waals surface area (Å²) in [6, 6.07) is 13.9. The number of benzene rings is 2.